The van der Waals surface area contributed by atoms with Crippen LogP contribution < -0.4 is 0 Å². The highest BCUT2D eigenvalue weighted by Crippen LogP contribution is 2.14. The fourth-order valence-electron chi connectivity index (χ4n) is 1.12. The number of hydrogen-bond acceptors (Lipinski definition) is 0. The molecule has 0 aliphatic rings. The van der Waals surface area contributed by atoms with Crippen molar-refractivity contribution in [2.45, 2.75) is 13.3 Å². The van der Waals surface area contributed by atoms with E-state index < -0.39 is 0 Å². The van der Waals surface area contributed by atoms with Crippen LogP contribution in [0.1, 0.15) is 24.5 Å². The molecule has 1 heteroatoms. The van der Waals surface area contributed by atoms with Crippen molar-refractivity contribution in [3.05, 3.63) is 47.8 Å². The summed E-state index contributed by atoms with van der Waals surface area (Å²) < 4.78 is 12.8. The summed E-state index contributed by atoms with van der Waals surface area (Å²) in [5.41, 5.74) is 1.85. The Kier molecular flexibility index (Phi) is 3.44. The van der Waals surface area contributed by atoms with Gasteiger partial charge in [0.1, 0.15) is 5.82 Å². The van der Waals surface area contributed by atoms with Crippen LogP contribution in [0.4, 0.5) is 4.39 Å². The maximum absolute atomic E-state index is 12.8. The van der Waals surface area contributed by atoms with Crippen LogP contribution in [-0.2, 0) is 0 Å². The highest BCUT2D eigenvalue weighted by molar-refractivity contribution is 5.64. The Morgan fingerprint density at radius 2 is 2.15 bits per heavy atom. The summed E-state index contributed by atoms with van der Waals surface area (Å²) in [4.78, 5) is 0. The maximum atomic E-state index is 12.8. The van der Waals surface area contributed by atoms with E-state index in [0.717, 1.165) is 17.5 Å². The van der Waals surface area contributed by atoms with Crippen LogP contribution in [0.2, 0.25) is 0 Å². The van der Waals surface area contributed by atoms with Gasteiger partial charge in [-0.2, -0.15) is 0 Å². The highest BCUT2D eigenvalue weighted by atomic mass is 19.1. The number of benzene rings is 1. The second-order valence-electron chi connectivity index (χ2n) is 2.79. The smallest absolute Gasteiger partial charge is 0.123 e. The lowest BCUT2D eigenvalue weighted by atomic mass is 10.1. The molecular weight excluding hydrogens is 163 g/mol. The predicted octanol–water partition coefficient (Wildman–Crippen LogP) is 3.89. The average Bonchev–Trinajstić information content (AvgIpc) is 2.15. The number of allylic oxidation sites excluding steroid dienone is 1. The summed E-state index contributed by atoms with van der Waals surface area (Å²) in [6.45, 7) is 5.72. The number of hydrogen-bond donors (Lipinski definition) is 0. The summed E-state index contributed by atoms with van der Waals surface area (Å²) in [7, 11) is 0. The Morgan fingerprint density at radius 1 is 1.38 bits per heavy atom. The van der Waals surface area contributed by atoms with E-state index >= 15 is 0 Å². The van der Waals surface area contributed by atoms with E-state index in [1.54, 1.807) is 12.1 Å². The summed E-state index contributed by atoms with van der Waals surface area (Å²) in [5, 5.41) is 0. The molecule has 0 bridgehead atoms. The summed E-state index contributed by atoms with van der Waals surface area (Å²) in [6.07, 6.45) is 6.60. The van der Waals surface area contributed by atoms with E-state index in [2.05, 4.69) is 6.58 Å². The van der Waals surface area contributed by atoms with Crippen molar-refractivity contribution in [3.63, 3.8) is 0 Å². The molecule has 0 amide bonds. The van der Waals surface area contributed by atoms with Gasteiger partial charge in [0.05, 0.1) is 0 Å². The first kappa shape index (κ1) is 9.72. The largest absolute Gasteiger partial charge is 0.207 e. The molecule has 0 atom stereocenters. The van der Waals surface area contributed by atoms with E-state index in [1.807, 2.05) is 19.1 Å². The monoisotopic (exact) mass is 176 g/mol. The molecule has 0 aromatic heterocycles. The van der Waals surface area contributed by atoms with Gasteiger partial charge in [0.25, 0.3) is 0 Å². The molecule has 13 heavy (non-hydrogen) atoms. The number of rotatable bonds is 3. The second kappa shape index (κ2) is 4.61. The molecule has 0 aliphatic carbocycles. The normalized spacial score (nSPS) is 10.6. The van der Waals surface area contributed by atoms with Gasteiger partial charge >= 0.3 is 0 Å². The summed E-state index contributed by atoms with van der Waals surface area (Å²) >= 11 is 0. The van der Waals surface area contributed by atoms with Crippen LogP contribution in [0.15, 0.2) is 30.9 Å². The van der Waals surface area contributed by atoms with Crippen molar-refractivity contribution in [3.8, 4) is 0 Å². The van der Waals surface area contributed by atoms with E-state index in [4.69, 9.17) is 0 Å². The SMILES string of the molecule is C=Cc1ccc(F)cc1/C=C\CC. The van der Waals surface area contributed by atoms with Crippen LogP contribution in [0.5, 0.6) is 0 Å². The molecule has 0 radical (unpaired) electrons. The van der Waals surface area contributed by atoms with Gasteiger partial charge in [-0.3, -0.25) is 0 Å². The molecule has 0 saturated heterocycles. The van der Waals surface area contributed by atoms with E-state index in [-0.39, 0.29) is 5.82 Å². The van der Waals surface area contributed by atoms with Gasteiger partial charge < -0.3 is 0 Å². The Bertz CT molecular complexity index is 324. The van der Waals surface area contributed by atoms with Crippen molar-refractivity contribution in [1.82, 2.24) is 0 Å². The highest BCUT2D eigenvalue weighted by Gasteiger charge is 1.96. The zero-order valence-electron chi connectivity index (χ0n) is 7.76. The Balaban J connectivity index is 3.08. The van der Waals surface area contributed by atoms with Crippen LogP contribution >= 0.6 is 0 Å². The van der Waals surface area contributed by atoms with Crippen molar-refractivity contribution in [1.29, 1.82) is 0 Å². The minimum Gasteiger partial charge on any atom is -0.207 e. The molecule has 68 valence electrons. The molecule has 0 aliphatic heterocycles. The standard InChI is InChI=1S/C12H13F/c1-3-5-6-11-9-12(13)8-7-10(11)4-2/h4-9H,2-3H2,1H3/b6-5-. The molecule has 0 heterocycles. The third kappa shape index (κ3) is 2.55. The fraction of sp³-hybridized carbons (Fsp3) is 0.167. The molecule has 0 N–H and O–H groups in total. The first-order chi connectivity index (χ1) is 6.27. The lowest BCUT2D eigenvalue weighted by Gasteiger charge is -1.99. The lowest BCUT2D eigenvalue weighted by molar-refractivity contribution is 0.627. The summed E-state index contributed by atoms with van der Waals surface area (Å²) in [5.74, 6) is -0.207. The van der Waals surface area contributed by atoms with E-state index in [1.165, 1.54) is 12.1 Å². The van der Waals surface area contributed by atoms with Crippen LogP contribution in [-0.4, -0.2) is 0 Å². The minimum atomic E-state index is -0.207. The minimum absolute atomic E-state index is 0.207. The average molecular weight is 176 g/mol. The van der Waals surface area contributed by atoms with Gasteiger partial charge in [0.15, 0.2) is 0 Å². The topological polar surface area (TPSA) is 0 Å². The van der Waals surface area contributed by atoms with Crippen molar-refractivity contribution in [2.75, 3.05) is 0 Å². The van der Waals surface area contributed by atoms with Gasteiger partial charge in [-0.05, 0) is 29.7 Å². The van der Waals surface area contributed by atoms with Gasteiger partial charge in [-0.1, -0.05) is 37.8 Å². The van der Waals surface area contributed by atoms with Crippen molar-refractivity contribution < 1.29 is 4.39 Å². The molecule has 1 aromatic carbocycles. The Labute approximate surface area is 78.4 Å². The first-order valence-electron chi connectivity index (χ1n) is 4.36. The predicted molar refractivity (Wildman–Crippen MR) is 55.8 cm³/mol. The van der Waals surface area contributed by atoms with Crippen molar-refractivity contribution in [2.24, 2.45) is 0 Å². The Hall–Kier alpha value is -1.37. The molecule has 0 saturated carbocycles. The quantitative estimate of drug-likeness (QED) is 0.655. The molecule has 0 fully saturated rings. The van der Waals surface area contributed by atoms with Gasteiger partial charge in [0.2, 0.25) is 0 Å². The number of halogens is 1. The van der Waals surface area contributed by atoms with Crippen LogP contribution in [0.3, 0.4) is 0 Å². The van der Waals surface area contributed by atoms with Gasteiger partial charge in [-0.25, -0.2) is 4.39 Å². The molecule has 0 nitrogen and oxygen atoms in total. The molecule has 1 rings (SSSR count). The second-order valence-corrected chi connectivity index (χ2v) is 2.79. The molecule has 1 aromatic rings. The lowest BCUT2D eigenvalue weighted by Crippen LogP contribution is -1.82. The van der Waals surface area contributed by atoms with Crippen LogP contribution in [0.25, 0.3) is 12.2 Å². The molecule has 0 spiro atoms. The van der Waals surface area contributed by atoms with E-state index in [9.17, 15) is 4.39 Å². The van der Waals surface area contributed by atoms with Gasteiger partial charge in [-0.15, -0.1) is 0 Å². The summed E-state index contributed by atoms with van der Waals surface area (Å²) in [6, 6.07) is 4.70. The first-order valence-corrected chi connectivity index (χ1v) is 4.36. The third-order valence-electron chi connectivity index (χ3n) is 1.80. The zero-order chi connectivity index (χ0) is 9.68. The fourth-order valence-corrected chi connectivity index (χ4v) is 1.12. The van der Waals surface area contributed by atoms with Gasteiger partial charge in [0, 0.05) is 0 Å². The van der Waals surface area contributed by atoms with E-state index in [0.29, 0.717) is 0 Å². The molecular formula is C12H13F. The maximum Gasteiger partial charge on any atom is 0.123 e. The van der Waals surface area contributed by atoms with Crippen LogP contribution in [0, 0.1) is 5.82 Å². The Morgan fingerprint density at radius 3 is 2.77 bits per heavy atom. The molecule has 0 unspecified atom stereocenters. The third-order valence-corrected chi connectivity index (χ3v) is 1.80. The zero-order valence-corrected chi connectivity index (χ0v) is 7.76. The van der Waals surface area contributed by atoms with Crippen molar-refractivity contribution >= 4 is 12.2 Å².